The van der Waals surface area contributed by atoms with Gasteiger partial charge >= 0.3 is 0 Å². The second-order valence-electron chi connectivity index (χ2n) is 5.46. The highest BCUT2D eigenvalue weighted by atomic mass is 16.7. The summed E-state index contributed by atoms with van der Waals surface area (Å²) < 4.78 is 10.5. The zero-order chi connectivity index (χ0) is 16.7. The number of hydrogen-bond acceptors (Lipinski definition) is 7. The predicted octanol–water partition coefficient (Wildman–Crippen LogP) is -1.26. The highest BCUT2D eigenvalue weighted by molar-refractivity contribution is 6.21. The summed E-state index contributed by atoms with van der Waals surface area (Å²) in [6.07, 6.45) is -5.19. The summed E-state index contributed by atoms with van der Waals surface area (Å²) in [4.78, 5) is 25.9. The van der Waals surface area contributed by atoms with E-state index in [2.05, 4.69) is 0 Å². The third-order valence-corrected chi connectivity index (χ3v) is 4.20. The Morgan fingerprint density at radius 3 is 2.17 bits per heavy atom. The monoisotopic (exact) mass is 323 g/mol. The molecule has 3 N–H and O–H groups in total. The molecule has 23 heavy (non-hydrogen) atoms. The summed E-state index contributed by atoms with van der Waals surface area (Å²) in [5, 5.41) is 29.6. The molecule has 2 heterocycles. The van der Waals surface area contributed by atoms with Crippen LogP contribution in [0.4, 0.5) is 0 Å². The van der Waals surface area contributed by atoms with Crippen LogP contribution >= 0.6 is 0 Å². The second-order valence-corrected chi connectivity index (χ2v) is 5.46. The lowest BCUT2D eigenvalue weighted by Crippen LogP contribution is -2.65. The van der Waals surface area contributed by atoms with Crippen LogP contribution in [0.3, 0.4) is 0 Å². The first-order valence-electron chi connectivity index (χ1n) is 7.13. The van der Waals surface area contributed by atoms with Gasteiger partial charge in [-0.05, 0) is 12.1 Å². The smallest absolute Gasteiger partial charge is 0.262 e. The first-order valence-corrected chi connectivity index (χ1v) is 7.13. The molecule has 1 aromatic carbocycles. The molecule has 0 bridgehead atoms. The molecule has 8 heteroatoms. The van der Waals surface area contributed by atoms with Gasteiger partial charge in [0.25, 0.3) is 11.8 Å². The van der Waals surface area contributed by atoms with Crippen molar-refractivity contribution in [3.05, 3.63) is 35.4 Å². The van der Waals surface area contributed by atoms with E-state index >= 15 is 0 Å². The van der Waals surface area contributed by atoms with Crippen molar-refractivity contribution >= 4 is 11.8 Å². The number of benzene rings is 1. The fourth-order valence-corrected chi connectivity index (χ4v) is 3.02. The number of rotatable bonds is 3. The van der Waals surface area contributed by atoms with Crippen LogP contribution in [-0.2, 0) is 9.47 Å². The van der Waals surface area contributed by atoms with Crippen molar-refractivity contribution < 1.29 is 34.4 Å². The largest absolute Gasteiger partial charge is 0.394 e. The van der Waals surface area contributed by atoms with Crippen molar-refractivity contribution in [2.24, 2.45) is 0 Å². The number of methoxy groups -OCH3 is 1. The van der Waals surface area contributed by atoms with Crippen LogP contribution in [0.1, 0.15) is 20.7 Å². The van der Waals surface area contributed by atoms with Crippen LogP contribution in [0.15, 0.2) is 24.3 Å². The number of hydrogen-bond donors (Lipinski definition) is 3. The molecule has 3 rings (SSSR count). The Hall–Kier alpha value is -1.84. The molecular weight excluding hydrogens is 306 g/mol. The quantitative estimate of drug-likeness (QED) is 0.594. The summed E-state index contributed by atoms with van der Waals surface area (Å²) in [7, 11) is 1.29. The molecule has 0 aliphatic carbocycles. The molecule has 0 aromatic heterocycles. The Labute approximate surface area is 131 Å². The highest BCUT2D eigenvalue weighted by Crippen LogP contribution is 2.32. The van der Waals surface area contributed by atoms with Gasteiger partial charge in [0.2, 0.25) is 0 Å². The summed E-state index contributed by atoms with van der Waals surface area (Å²) >= 11 is 0. The topological polar surface area (TPSA) is 117 Å². The van der Waals surface area contributed by atoms with E-state index < -0.39 is 49.1 Å². The van der Waals surface area contributed by atoms with E-state index in [1.54, 1.807) is 12.1 Å². The Kier molecular flexibility index (Phi) is 4.17. The Bertz CT molecular complexity index is 597. The Morgan fingerprint density at radius 1 is 1.13 bits per heavy atom. The summed E-state index contributed by atoms with van der Waals surface area (Å²) in [5.41, 5.74) is 0.441. The van der Waals surface area contributed by atoms with E-state index in [4.69, 9.17) is 9.47 Å². The van der Waals surface area contributed by atoms with E-state index in [0.29, 0.717) is 0 Å². The van der Waals surface area contributed by atoms with Gasteiger partial charge in [0.05, 0.1) is 17.7 Å². The minimum atomic E-state index is -1.51. The van der Waals surface area contributed by atoms with Crippen molar-refractivity contribution in [3.63, 3.8) is 0 Å². The molecular formula is C15H17NO7. The number of carbonyl (C=O) groups excluding carboxylic acids is 2. The molecule has 0 radical (unpaired) electrons. The maximum absolute atomic E-state index is 12.5. The Morgan fingerprint density at radius 2 is 1.70 bits per heavy atom. The molecule has 0 unspecified atom stereocenters. The minimum absolute atomic E-state index is 0.221. The zero-order valence-electron chi connectivity index (χ0n) is 12.3. The number of imide groups is 1. The lowest BCUT2D eigenvalue weighted by Gasteiger charge is -2.44. The molecule has 1 fully saturated rings. The number of carbonyl (C=O) groups is 2. The van der Waals surface area contributed by atoms with Crippen molar-refractivity contribution in [2.75, 3.05) is 13.7 Å². The van der Waals surface area contributed by atoms with Crippen LogP contribution in [-0.4, -0.2) is 76.4 Å². The molecule has 2 aliphatic heterocycles. The summed E-state index contributed by atoms with van der Waals surface area (Å²) in [5.74, 6) is -1.18. The second kappa shape index (κ2) is 5.99. The predicted molar refractivity (Wildman–Crippen MR) is 75.5 cm³/mol. The summed E-state index contributed by atoms with van der Waals surface area (Å²) in [6, 6.07) is 5.07. The SMILES string of the molecule is CO[C@H]1O[C@@H](CO)[C@@H](O)[C@@H](O)[C@@H]1N1C(=O)c2ccccc2C1=O. The first-order chi connectivity index (χ1) is 11.0. The molecule has 0 saturated carbocycles. The van der Waals surface area contributed by atoms with Gasteiger partial charge in [-0.25, -0.2) is 0 Å². The molecule has 1 saturated heterocycles. The average Bonchev–Trinajstić information content (AvgIpc) is 2.82. The van der Waals surface area contributed by atoms with Crippen LogP contribution in [0.25, 0.3) is 0 Å². The van der Waals surface area contributed by atoms with Crippen LogP contribution in [0, 0.1) is 0 Å². The van der Waals surface area contributed by atoms with Crippen molar-refractivity contribution in [3.8, 4) is 0 Å². The lowest BCUT2D eigenvalue weighted by atomic mass is 9.95. The number of amides is 2. The number of aliphatic hydroxyl groups excluding tert-OH is 3. The van der Waals surface area contributed by atoms with Gasteiger partial charge in [0.15, 0.2) is 6.29 Å². The maximum Gasteiger partial charge on any atom is 0.262 e. The molecule has 0 spiro atoms. The molecule has 1 aromatic rings. The van der Waals surface area contributed by atoms with Gasteiger partial charge in [-0.2, -0.15) is 0 Å². The van der Waals surface area contributed by atoms with Crippen LogP contribution in [0.2, 0.25) is 0 Å². The molecule has 2 amide bonds. The molecule has 8 nitrogen and oxygen atoms in total. The van der Waals surface area contributed by atoms with Crippen molar-refractivity contribution in [1.82, 2.24) is 4.90 Å². The van der Waals surface area contributed by atoms with Gasteiger partial charge in [0, 0.05) is 7.11 Å². The molecule has 124 valence electrons. The van der Waals surface area contributed by atoms with Crippen molar-refractivity contribution in [2.45, 2.75) is 30.6 Å². The average molecular weight is 323 g/mol. The number of ether oxygens (including phenoxy) is 2. The normalized spacial score (nSPS) is 33.9. The highest BCUT2D eigenvalue weighted by Gasteiger charge is 2.52. The summed E-state index contributed by atoms with van der Waals surface area (Å²) in [6.45, 7) is -0.535. The van der Waals surface area contributed by atoms with Gasteiger partial charge < -0.3 is 24.8 Å². The molecule has 2 aliphatic rings. The van der Waals surface area contributed by atoms with Gasteiger partial charge in [-0.1, -0.05) is 12.1 Å². The lowest BCUT2D eigenvalue weighted by molar-refractivity contribution is -0.272. The fraction of sp³-hybridized carbons (Fsp3) is 0.467. The fourth-order valence-electron chi connectivity index (χ4n) is 3.02. The first kappa shape index (κ1) is 16.0. The van der Waals surface area contributed by atoms with E-state index in [1.807, 2.05) is 0 Å². The molecule has 5 atom stereocenters. The third kappa shape index (κ3) is 2.35. The van der Waals surface area contributed by atoms with Gasteiger partial charge in [0.1, 0.15) is 24.4 Å². The number of aliphatic hydroxyl groups is 3. The van der Waals surface area contributed by atoms with E-state index in [-0.39, 0.29) is 11.1 Å². The maximum atomic E-state index is 12.5. The zero-order valence-corrected chi connectivity index (χ0v) is 12.3. The number of nitrogens with zero attached hydrogens (tertiary/aromatic N) is 1. The van der Waals surface area contributed by atoms with Crippen LogP contribution in [0.5, 0.6) is 0 Å². The third-order valence-electron chi connectivity index (χ3n) is 4.20. The minimum Gasteiger partial charge on any atom is -0.394 e. The van der Waals surface area contributed by atoms with E-state index in [1.165, 1.54) is 19.2 Å². The van der Waals surface area contributed by atoms with Gasteiger partial charge in [-0.3, -0.25) is 14.5 Å². The number of fused-ring (bicyclic) bond motifs is 1. The Balaban J connectivity index is 1.97. The van der Waals surface area contributed by atoms with E-state index in [0.717, 1.165) is 4.90 Å². The van der Waals surface area contributed by atoms with E-state index in [9.17, 15) is 24.9 Å². The standard InChI is InChI=1S/C15H17NO7/c1-22-15-10(12(19)11(18)9(6-17)23-15)16-13(20)7-4-2-3-5-8(7)14(16)21/h2-5,9-12,15,17-19H,6H2,1H3/t9-,10-,11+,12-,15-/m0/s1. The van der Waals surface area contributed by atoms with Crippen LogP contribution < -0.4 is 0 Å². The van der Waals surface area contributed by atoms with Gasteiger partial charge in [-0.15, -0.1) is 0 Å². The van der Waals surface area contributed by atoms with Crippen molar-refractivity contribution in [1.29, 1.82) is 0 Å².